The van der Waals surface area contributed by atoms with Crippen molar-refractivity contribution in [1.82, 2.24) is 9.38 Å². The van der Waals surface area contributed by atoms with E-state index in [0.717, 1.165) is 26.2 Å². The fourth-order valence-electron chi connectivity index (χ4n) is 2.11. The van der Waals surface area contributed by atoms with Gasteiger partial charge in [-0.15, -0.1) is 0 Å². The highest BCUT2D eigenvalue weighted by atomic mass is 127. The summed E-state index contributed by atoms with van der Waals surface area (Å²) in [5, 5.41) is 0. The Morgan fingerprint density at radius 2 is 1.90 bits per heavy atom. The molecular weight excluding hydrogens is 367 g/mol. The minimum absolute atomic E-state index is 0.705. The Balaban J connectivity index is 2.13. The van der Waals surface area contributed by atoms with Gasteiger partial charge in [-0.1, -0.05) is 0 Å². The van der Waals surface area contributed by atoms with Crippen molar-refractivity contribution in [3.63, 3.8) is 0 Å². The van der Waals surface area contributed by atoms with Crippen molar-refractivity contribution in [2.45, 2.75) is 0 Å². The molecule has 3 rings (SSSR count). The van der Waals surface area contributed by atoms with Crippen molar-refractivity contribution in [2.75, 3.05) is 14.2 Å². The average Bonchev–Trinajstić information content (AvgIpc) is 2.92. The van der Waals surface area contributed by atoms with E-state index in [0.29, 0.717) is 5.75 Å². The Morgan fingerprint density at radius 1 is 1.10 bits per heavy atom. The quantitative estimate of drug-likeness (QED) is 0.652. The van der Waals surface area contributed by atoms with Crippen LogP contribution in [0.1, 0.15) is 0 Å². The van der Waals surface area contributed by atoms with Crippen LogP contribution in [0, 0.1) is 3.57 Å². The number of rotatable bonds is 3. The molecule has 102 valence electrons. The van der Waals surface area contributed by atoms with E-state index >= 15 is 0 Å². The molecule has 0 aliphatic rings. The van der Waals surface area contributed by atoms with Gasteiger partial charge < -0.3 is 13.9 Å². The van der Waals surface area contributed by atoms with Crippen LogP contribution in [0.5, 0.6) is 11.5 Å². The summed E-state index contributed by atoms with van der Waals surface area (Å²) >= 11 is 2.29. The Morgan fingerprint density at radius 3 is 2.60 bits per heavy atom. The van der Waals surface area contributed by atoms with Gasteiger partial charge in [0.05, 0.1) is 23.5 Å². The maximum absolute atomic E-state index is 5.34. The second kappa shape index (κ2) is 5.32. The third-order valence-electron chi connectivity index (χ3n) is 3.11. The first kappa shape index (κ1) is 13.2. The van der Waals surface area contributed by atoms with Crippen LogP contribution in [0.4, 0.5) is 0 Å². The number of methoxy groups -OCH3 is 2. The molecule has 2 aromatic heterocycles. The molecule has 20 heavy (non-hydrogen) atoms. The molecule has 0 spiro atoms. The van der Waals surface area contributed by atoms with E-state index < -0.39 is 0 Å². The number of benzene rings is 1. The predicted molar refractivity (Wildman–Crippen MR) is 86.4 cm³/mol. The minimum atomic E-state index is 0.705. The molecule has 2 heterocycles. The van der Waals surface area contributed by atoms with E-state index in [1.165, 1.54) is 0 Å². The number of hydrogen-bond acceptors (Lipinski definition) is 3. The first-order valence-electron chi connectivity index (χ1n) is 6.08. The van der Waals surface area contributed by atoms with Crippen LogP contribution in [0.3, 0.4) is 0 Å². The fraction of sp³-hybridized carbons (Fsp3) is 0.133. The molecule has 0 amide bonds. The molecule has 0 saturated carbocycles. The van der Waals surface area contributed by atoms with Gasteiger partial charge in [0, 0.05) is 18.0 Å². The normalized spacial score (nSPS) is 10.8. The van der Waals surface area contributed by atoms with Crippen molar-refractivity contribution in [1.29, 1.82) is 0 Å². The summed E-state index contributed by atoms with van der Waals surface area (Å²) in [5.74, 6) is 1.42. The van der Waals surface area contributed by atoms with Crippen LogP contribution in [-0.2, 0) is 0 Å². The van der Waals surface area contributed by atoms with Crippen LogP contribution in [-0.4, -0.2) is 23.6 Å². The average molecular weight is 380 g/mol. The molecular formula is C15H13IN2O2. The molecule has 0 atom stereocenters. The van der Waals surface area contributed by atoms with Gasteiger partial charge in [0.25, 0.3) is 0 Å². The zero-order valence-electron chi connectivity index (χ0n) is 11.1. The molecule has 5 heteroatoms. The van der Waals surface area contributed by atoms with Crippen LogP contribution < -0.4 is 9.47 Å². The topological polar surface area (TPSA) is 35.8 Å². The Hall–Kier alpha value is -1.76. The standard InChI is InChI=1S/C15H13IN2O2/c1-19-13-6-5-10(8-14(13)20-2)12-9-18-7-3-4-11(16)15(18)17-12/h3-9H,1-2H3. The van der Waals surface area contributed by atoms with E-state index in [2.05, 4.69) is 27.6 Å². The van der Waals surface area contributed by atoms with Gasteiger partial charge in [-0.3, -0.25) is 0 Å². The lowest BCUT2D eigenvalue weighted by Crippen LogP contribution is -1.90. The van der Waals surface area contributed by atoms with Crippen LogP contribution in [0.15, 0.2) is 42.7 Å². The number of hydrogen-bond donors (Lipinski definition) is 0. The summed E-state index contributed by atoms with van der Waals surface area (Å²) in [6.45, 7) is 0. The van der Waals surface area contributed by atoms with Gasteiger partial charge in [-0.05, 0) is 52.9 Å². The van der Waals surface area contributed by atoms with E-state index in [9.17, 15) is 0 Å². The van der Waals surface area contributed by atoms with Gasteiger partial charge in [0.1, 0.15) is 0 Å². The monoisotopic (exact) mass is 380 g/mol. The summed E-state index contributed by atoms with van der Waals surface area (Å²) < 4.78 is 13.7. The molecule has 3 aromatic rings. The number of fused-ring (bicyclic) bond motifs is 1. The summed E-state index contributed by atoms with van der Waals surface area (Å²) in [5.41, 5.74) is 2.87. The van der Waals surface area contributed by atoms with Crippen molar-refractivity contribution in [3.8, 4) is 22.8 Å². The maximum atomic E-state index is 5.34. The highest BCUT2D eigenvalue weighted by Crippen LogP contribution is 2.32. The molecule has 0 fully saturated rings. The number of halogens is 1. The van der Waals surface area contributed by atoms with Crippen LogP contribution in [0.2, 0.25) is 0 Å². The Kier molecular flexibility index (Phi) is 3.52. The molecule has 0 aliphatic heterocycles. The molecule has 0 radical (unpaired) electrons. The van der Waals surface area contributed by atoms with Crippen molar-refractivity contribution < 1.29 is 9.47 Å². The SMILES string of the molecule is COc1ccc(-c2cn3cccc(I)c3n2)cc1OC. The third kappa shape index (κ3) is 2.22. The second-order valence-corrected chi connectivity index (χ2v) is 5.45. The lowest BCUT2D eigenvalue weighted by Gasteiger charge is -2.08. The second-order valence-electron chi connectivity index (χ2n) is 4.28. The number of nitrogens with zero attached hydrogens (tertiary/aromatic N) is 2. The van der Waals surface area contributed by atoms with Crippen LogP contribution in [0.25, 0.3) is 16.9 Å². The van der Waals surface area contributed by atoms with Gasteiger partial charge in [0.2, 0.25) is 0 Å². The number of pyridine rings is 1. The van der Waals surface area contributed by atoms with Crippen molar-refractivity contribution in [3.05, 3.63) is 46.3 Å². The van der Waals surface area contributed by atoms with Crippen LogP contribution >= 0.6 is 22.6 Å². The molecule has 1 aromatic carbocycles. The highest BCUT2D eigenvalue weighted by molar-refractivity contribution is 14.1. The molecule has 0 aliphatic carbocycles. The van der Waals surface area contributed by atoms with Gasteiger partial charge in [-0.25, -0.2) is 4.98 Å². The Bertz CT molecular complexity index is 768. The first-order valence-corrected chi connectivity index (χ1v) is 7.16. The number of imidazole rings is 1. The first-order chi connectivity index (χ1) is 9.72. The zero-order chi connectivity index (χ0) is 14.1. The molecule has 0 N–H and O–H groups in total. The number of aromatic nitrogens is 2. The zero-order valence-corrected chi connectivity index (χ0v) is 13.3. The van der Waals surface area contributed by atoms with Gasteiger partial charge in [-0.2, -0.15) is 0 Å². The van der Waals surface area contributed by atoms with Gasteiger partial charge >= 0.3 is 0 Å². The minimum Gasteiger partial charge on any atom is -0.493 e. The molecule has 0 saturated heterocycles. The van der Waals surface area contributed by atoms with E-state index in [4.69, 9.17) is 9.47 Å². The lowest BCUT2D eigenvalue weighted by atomic mass is 10.1. The summed E-state index contributed by atoms with van der Waals surface area (Å²) in [7, 11) is 3.26. The maximum Gasteiger partial charge on any atom is 0.161 e. The van der Waals surface area contributed by atoms with E-state index in [-0.39, 0.29) is 0 Å². The Labute approximate surface area is 130 Å². The molecule has 0 unspecified atom stereocenters. The smallest absolute Gasteiger partial charge is 0.161 e. The van der Waals surface area contributed by atoms with Crippen molar-refractivity contribution >= 4 is 28.2 Å². The molecule has 4 nitrogen and oxygen atoms in total. The lowest BCUT2D eigenvalue weighted by molar-refractivity contribution is 0.355. The fourth-order valence-corrected chi connectivity index (χ4v) is 2.72. The van der Waals surface area contributed by atoms with E-state index in [1.54, 1.807) is 14.2 Å². The summed E-state index contributed by atoms with van der Waals surface area (Å²) in [6.07, 6.45) is 4.01. The van der Waals surface area contributed by atoms with Gasteiger partial charge in [0.15, 0.2) is 17.1 Å². The number of ether oxygens (including phenoxy) is 2. The summed E-state index contributed by atoms with van der Waals surface area (Å²) in [6, 6.07) is 9.86. The predicted octanol–water partition coefficient (Wildman–Crippen LogP) is 3.62. The van der Waals surface area contributed by atoms with E-state index in [1.807, 2.05) is 47.1 Å². The summed E-state index contributed by atoms with van der Waals surface area (Å²) in [4.78, 5) is 4.67. The largest absolute Gasteiger partial charge is 0.493 e. The molecule has 0 bridgehead atoms. The third-order valence-corrected chi connectivity index (χ3v) is 3.96. The highest BCUT2D eigenvalue weighted by Gasteiger charge is 2.10. The van der Waals surface area contributed by atoms with Crippen molar-refractivity contribution in [2.24, 2.45) is 0 Å².